The Bertz CT molecular complexity index is 443. The predicted octanol–water partition coefficient (Wildman–Crippen LogP) is 2.19. The molecule has 0 atom stereocenters. The summed E-state index contributed by atoms with van der Waals surface area (Å²) in [6.07, 6.45) is 6.51. The molecule has 4 nitrogen and oxygen atoms in total. The van der Waals surface area contributed by atoms with Gasteiger partial charge in [-0.3, -0.25) is 4.79 Å². The summed E-state index contributed by atoms with van der Waals surface area (Å²) in [4.78, 5) is 14.3. The van der Waals surface area contributed by atoms with Gasteiger partial charge in [-0.05, 0) is 51.1 Å². The second-order valence-electron chi connectivity index (χ2n) is 5.81. The fourth-order valence-corrected chi connectivity index (χ4v) is 2.72. The monoisotopic (exact) mass is 262 g/mol. The molecule has 0 spiro atoms. The second-order valence-corrected chi connectivity index (χ2v) is 5.81. The van der Waals surface area contributed by atoms with E-state index in [1.165, 1.54) is 19.4 Å². The molecule has 1 aliphatic carbocycles. The van der Waals surface area contributed by atoms with Crippen molar-refractivity contribution in [2.45, 2.75) is 38.6 Å². The fourth-order valence-electron chi connectivity index (χ4n) is 2.72. The zero-order valence-corrected chi connectivity index (χ0v) is 11.5. The molecule has 0 bridgehead atoms. The summed E-state index contributed by atoms with van der Waals surface area (Å²) < 4.78 is 5.21. The maximum absolute atomic E-state index is 12.3. The molecule has 1 aromatic rings. The topological polar surface area (TPSA) is 45.5 Å². The zero-order chi connectivity index (χ0) is 13.2. The van der Waals surface area contributed by atoms with Crippen LogP contribution in [0.25, 0.3) is 0 Å². The normalized spacial score (nSPS) is 20.8. The molecule has 1 amide bonds. The Labute approximate surface area is 114 Å². The van der Waals surface area contributed by atoms with Crippen LogP contribution in [-0.4, -0.2) is 36.5 Å². The molecule has 1 saturated carbocycles. The third kappa shape index (κ3) is 3.00. The largest absolute Gasteiger partial charge is 0.469 e. The second kappa shape index (κ2) is 5.37. The lowest BCUT2D eigenvalue weighted by atomic mass is 10.0. The molecule has 1 aliphatic heterocycles. The highest BCUT2D eigenvalue weighted by atomic mass is 16.3. The molecular formula is C15H22N2O2. The first kappa shape index (κ1) is 12.7. The minimum atomic E-state index is 0.117. The number of nitrogens with zero attached hydrogens (tertiary/aromatic N) is 1. The van der Waals surface area contributed by atoms with Crippen molar-refractivity contribution in [3.8, 4) is 0 Å². The lowest BCUT2D eigenvalue weighted by Gasteiger charge is -2.32. The minimum absolute atomic E-state index is 0.117. The molecule has 4 heteroatoms. The first-order valence-electron chi connectivity index (χ1n) is 7.31. The van der Waals surface area contributed by atoms with Gasteiger partial charge in [0, 0.05) is 19.1 Å². The summed E-state index contributed by atoms with van der Waals surface area (Å²) >= 11 is 0. The van der Waals surface area contributed by atoms with E-state index in [1.807, 2.05) is 11.8 Å². The van der Waals surface area contributed by atoms with Crippen molar-refractivity contribution in [1.29, 1.82) is 0 Å². The highest BCUT2D eigenvalue weighted by Gasteiger charge is 2.27. The molecule has 1 aromatic heterocycles. The minimum Gasteiger partial charge on any atom is -0.469 e. The van der Waals surface area contributed by atoms with E-state index in [0.29, 0.717) is 11.6 Å². The van der Waals surface area contributed by atoms with E-state index >= 15 is 0 Å². The molecule has 2 heterocycles. The number of amides is 1. The number of carbonyl (C=O) groups excluding carboxylic acids is 1. The van der Waals surface area contributed by atoms with Gasteiger partial charge in [-0.1, -0.05) is 0 Å². The van der Waals surface area contributed by atoms with Crippen molar-refractivity contribution in [2.75, 3.05) is 19.6 Å². The van der Waals surface area contributed by atoms with E-state index in [4.69, 9.17) is 4.42 Å². The molecular weight excluding hydrogens is 240 g/mol. The van der Waals surface area contributed by atoms with Crippen LogP contribution >= 0.6 is 0 Å². The molecule has 19 heavy (non-hydrogen) atoms. The van der Waals surface area contributed by atoms with Crippen molar-refractivity contribution in [2.24, 2.45) is 5.92 Å². The molecule has 0 aromatic carbocycles. The molecule has 1 N–H and O–H groups in total. The van der Waals surface area contributed by atoms with Gasteiger partial charge < -0.3 is 14.6 Å². The van der Waals surface area contributed by atoms with Crippen LogP contribution in [0.15, 0.2) is 16.7 Å². The molecule has 2 fully saturated rings. The third-order valence-electron chi connectivity index (χ3n) is 4.26. The van der Waals surface area contributed by atoms with Crippen molar-refractivity contribution in [3.63, 3.8) is 0 Å². The predicted molar refractivity (Wildman–Crippen MR) is 73.1 cm³/mol. The number of rotatable bonds is 4. The molecule has 1 saturated heterocycles. The van der Waals surface area contributed by atoms with Gasteiger partial charge in [-0.25, -0.2) is 0 Å². The SMILES string of the molecule is Cc1occc1C(=O)N1CCC(NCC2CC2)CC1. The summed E-state index contributed by atoms with van der Waals surface area (Å²) in [7, 11) is 0. The van der Waals surface area contributed by atoms with E-state index in [2.05, 4.69) is 5.32 Å². The maximum atomic E-state index is 12.3. The van der Waals surface area contributed by atoms with Crippen LogP contribution < -0.4 is 5.32 Å². The van der Waals surface area contributed by atoms with E-state index in [0.717, 1.165) is 37.6 Å². The molecule has 104 valence electrons. The van der Waals surface area contributed by atoms with Crippen LogP contribution in [0.3, 0.4) is 0 Å². The van der Waals surface area contributed by atoms with E-state index in [-0.39, 0.29) is 5.91 Å². The summed E-state index contributed by atoms with van der Waals surface area (Å²) in [6.45, 7) is 4.72. The third-order valence-corrected chi connectivity index (χ3v) is 4.26. The number of furan rings is 1. The summed E-state index contributed by atoms with van der Waals surface area (Å²) in [5.74, 6) is 1.76. The highest BCUT2D eigenvalue weighted by molar-refractivity contribution is 5.95. The average molecular weight is 262 g/mol. The summed E-state index contributed by atoms with van der Waals surface area (Å²) in [5.41, 5.74) is 0.712. The van der Waals surface area contributed by atoms with Crippen molar-refractivity contribution in [1.82, 2.24) is 10.2 Å². The summed E-state index contributed by atoms with van der Waals surface area (Å²) in [6, 6.07) is 2.37. The molecule has 2 aliphatic rings. The van der Waals surface area contributed by atoms with Gasteiger partial charge in [0.1, 0.15) is 5.76 Å². The Morgan fingerprint density at radius 1 is 1.37 bits per heavy atom. The van der Waals surface area contributed by atoms with Crippen LogP contribution in [0.2, 0.25) is 0 Å². The number of aryl methyl sites for hydroxylation is 1. The lowest BCUT2D eigenvalue weighted by molar-refractivity contribution is 0.0703. The maximum Gasteiger partial charge on any atom is 0.257 e. The van der Waals surface area contributed by atoms with Gasteiger partial charge in [0.25, 0.3) is 5.91 Å². The molecule has 3 rings (SSSR count). The fraction of sp³-hybridized carbons (Fsp3) is 0.667. The average Bonchev–Trinajstić information content (AvgIpc) is 3.17. The number of hydrogen-bond acceptors (Lipinski definition) is 3. The van der Waals surface area contributed by atoms with E-state index in [9.17, 15) is 4.79 Å². The van der Waals surface area contributed by atoms with E-state index < -0.39 is 0 Å². The zero-order valence-electron chi connectivity index (χ0n) is 11.5. The Morgan fingerprint density at radius 3 is 2.68 bits per heavy atom. The van der Waals surface area contributed by atoms with E-state index in [1.54, 1.807) is 12.3 Å². The highest BCUT2D eigenvalue weighted by Crippen LogP contribution is 2.28. The van der Waals surface area contributed by atoms with Crippen molar-refractivity contribution >= 4 is 5.91 Å². The number of carbonyl (C=O) groups is 1. The Balaban J connectivity index is 1.49. The summed E-state index contributed by atoms with van der Waals surface area (Å²) in [5, 5.41) is 3.63. The van der Waals surface area contributed by atoms with Gasteiger partial charge >= 0.3 is 0 Å². The first-order chi connectivity index (χ1) is 9.24. The van der Waals surface area contributed by atoms with Crippen LogP contribution in [0.5, 0.6) is 0 Å². The smallest absolute Gasteiger partial charge is 0.257 e. The lowest BCUT2D eigenvalue weighted by Crippen LogP contribution is -2.45. The van der Waals surface area contributed by atoms with Crippen molar-refractivity contribution in [3.05, 3.63) is 23.7 Å². The number of likely N-dealkylation sites (tertiary alicyclic amines) is 1. The molecule has 0 radical (unpaired) electrons. The van der Waals surface area contributed by atoms with Crippen LogP contribution in [0, 0.1) is 12.8 Å². The van der Waals surface area contributed by atoms with Gasteiger partial charge in [0.05, 0.1) is 11.8 Å². The van der Waals surface area contributed by atoms with Gasteiger partial charge in [0.15, 0.2) is 0 Å². The van der Waals surface area contributed by atoms with Gasteiger partial charge in [-0.15, -0.1) is 0 Å². The Hall–Kier alpha value is -1.29. The Kier molecular flexibility index (Phi) is 3.60. The number of hydrogen-bond donors (Lipinski definition) is 1. The van der Waals surface area contributed by atoms with Gasteiger partial charge in [0.2, 0.25) is 0 Å². The van der Waals surface area contributed by atoms with Crippen LogP contribution in [0.4, 0.5) is 0 Å². The number of piperidine rings is 1. The molecule has 0 unspecified atom stereocenters. The van der Waals surface area contributed by atoms with Crippen molar-refractivity contribution < 1.29 is 9.21 Å². The standard InChI is InChI=1S/C15H22N2O2/c1-11-14(6-9-19-11)15(18)17-7-4-13(5-8-17)16-10-12-2-3-12/h6,9,12-13,16H,2-5,7-8,10H2,1H3. The number of nitrogens with one attached hydrogen (secondary N) is 1. The Morgan fingerprint density at radius 2 is 2.11 bits per heavy atom. The van der Waals surface area contributed by atoms with Crippen LogP contribution in [0.1, 0.15) is 41.8 Å². The van der Waals surface area contributed by atoms with Gasteiger partial charge in [-0.2, -0.15) is 0 Å². The van der Waals surface area contributed by atoms with Crippen LogP contribution in [-0.2, 0) is 0 Å². The quantitative estimate of drug-likeness (QED) is 0.904. The first-order valence-corrected chi connectivity index (χ1v) is 7.31.